The number of anilines is 1. The van der Waals surface area contributed by atoms with Crippen molar-refractivity contribution in [1.82, 2.24) is 29.7 Å². The highest BCUT2D eigenvalue weighted by Crippen LogP contribution is 2.33. The highest BCUT2D eigenvalue weighted by molar-refractivity contribution is 5.95. The molecule has 3 amide bonds. The summed E-state index contributed by atoms with van der Waals surface area (Å²) in [6, 6.07) is 15.7. The van der Waals surface area contributed by atoms with Crippen LogP contribution in [0.4, 0.5) is 5.69 Å². The number of carbonyl (C=O) groups excluding carboxylic acids is 3. The van der Waals surface area contributed by atoms with E-state index >= 15 is 0 Å². The van der Waals surface area contributed by atoms with Crippen molar-refractivity contribution in [2.45, 2.75) is 25.3 Å². The van der Waals surface area contributed by atoms with Gasteiger partial charge in [0.1, 0.15) is 5.82 Å². The predicted molar refractivity (Wildman–Crippen MR) is 158 cm³/mol. The highest BCUT2D eigenvalue weighted by Gasteiger charge is 2.34. The summed E-state index contributed by atoms with van der Waals surface area (Å²) >= 11 is 0. The number of likely N-dealkylation sites (tertiary alicyclic amines) is 2. The molecule has 12 nitrogen and oxygen atoms in total. The van der Waals surface area contributed by atoms with E-state index < -0.39 is 0 Å². The van der Waals surface area contributed by atoms with Crippen LogP contribution in [0.25, 0.3) is 22.4 Å². The van der Waals surface area contributed by atoms with Gasteiger partial charge in [0.25, 0.3) is 11.8 Å². The van der Waals surface area contributed by atoms with Gasteiger partial charge in [-0.15, -0.1) is 0 Å². The number of nitrogens with one attached hydrogen (secondary N) is 2. The summed E-state index contributed by atoms with van der Waals surface area (Å²) in [6.07, 6.45) is 9.41. The first-order chi connectivity index (χ1) is 21.5. The summed E-state index contributed by atoms with van der Waals surface area (Å²) in [7, 11) is 0. The van der Waals surface area contributed by atoms with Crippen LogP contribution in [0.2, 0.25) is 0 Å². The van der Waals surface area contributed by atoms with Crippen LogP contribution in [0.5, 0.6) is 0 Å². The van der Waals surface area contributed by atoms with Crippen LogP contribution < -0.4 is 5.32 Å². The van der Waals surface area contributed by atoms with Gasteiger partial charge in [-0.05, 0) is 48.1 Å². The van der Waals surface area contributed by atoms with Gasteiger partial charge in [-0.2, -0.15) is 0 Å². The fourth-order valence-corrected chi connectivity index (χ4v) is 5.88. The van der Waals surface area contributed by atoms with Crippen molar-refractivity contribution in [2.24, 2.45) is 5.92 Å². The molecule has 2 N–H and O–H groups in total. The van der Waals surface area contributed by atoms with Crippen molar-refractivity contribution in [3.05, 3.63) is 97.3 Å². The molecule has 2 fully saturated rings. The van der Waals surface area contributed by atoms with Gasteiger partial charge in [0.15, 0.2) is 12.8 Å². The quantitative estimate of drug-likeness (QED) is 0.274. The Morgan fingerprint density at radius 1 is 0.795 bits per heavy atom. The monoisotopic (exact) mass is 591 g/mol. The number of hydrogen-bond acceptors (Lipinski definition) is 8. The summed E-state index contributed by atoms with van der Waals surface area (Å²) in [5, 5.41) is 2.97. The predicted octanol–water partition coefficient (Wildman–Crippen LogP) is 4.80. The molecular formula is C32H29N7O5. The van der Waals surface area contributed by atoms with Crippen LogP contribution in [0.3, 0.4) is 0 Å². The maximum absolute atomic E-state index is 12.9. The molecule has 0 radical (unpaired) electrons. The fourth-order valence-electron chi connectivity index (χ4n) is 5.88. The lowest BCUT2D eigenvalue weighted by Gasteiger charge is -2.21. The van der Waals surface area contributed by atoms with Gasteiger partial charge in [-0.25, -0.2) is 15.0 Å². The van der Waals surface area contributed by atoms with Gasteiger partial charge in [-0.1, -0.05) is 36.4 Å². The Kier molecular flexibility index (Phi) is 7.22. The first-order valence-corrected chi connectivity index (χ1v) is 14.5. The summed E-state index contributed by atoms with van der Waals surface area (Å²) in [4.78, 5) is 57.2. The normalized spacial score (nSPS) is 18.1. The average Bonchev–Trinajstić information content (AvgIpc) is 3.90. The van der Waals surface area contributed by atoms with Crippen molar-refractivity contribution < 1.29 is 23.2 Å². The topological polar surface area (TPSA) is 150 Å². The molecule has 0 saturated carbocycles. The standard InChI is InChI=1S/C32H29N7O5/c40-30(23-11-13-38(17-23)31(41)27-15-33-18-43-27)36-24-9-7-21(8-10-24)20-3-5-22(6-4-20)25-14-35-29(37-25)26-2-1-12-39(26)32(42)28-16-34-19-44-28/h3-10,14-16,18-19,23,26H,1-2,11-13,17H2,(H,35,37)(H,36,40)/t23-,26-/m0/s1. The second-order valence-electron chi connectivity index (χ2n) is 11.0. The second-order valence-corrected chi connectivity index (χ2v) is 11.0. The fraction of sp³-hybridized carbons (Fsp3) is 0.250. The maximum Gasteiger partial charge on any atom is 0.291 e. The van der Waals surface area contributed by atoms with E-state index in [0.717, 1.165) is 41.1 Å². The van der Waals surface area contributed by atoms with Gasteiger partial charge in [0.2, 0.25) is 17.4 Å². The van der Waals surface area contributed by atoms with Crippen molar-refractivity contribution >= 4 is 23.4 Å². The zero-order valence-electron chi connectivity index (χ0n) is 23.7. The van der Waals surface area contributed by atoms with Crippen LogP contribution in [0.15, 0.2) is 88.7 Å². The van der Waals surface area contributed by atoms with Crippen molar-refractivity contribution in [3.8, 4) is 22.4 Å². The molecule has 0 bridgehead atoms. The summed E-state index contributed by atoms with van der Waals surface area (Å²) in [5.74, 6) is 0.319. The zero-order chi connectivity index (χ0) is 30.0. The Morgan fingerprint density at radius 3 is 2.14 bits per heavy atom. The molecule has 0 spiro atoms. The molecule has 2 aliphatic rings. The Hall–Kier alpha value is -5.52. The molecule has 2 aliphatic heterocycles. The van der Waals surface area contributed by atoms with Crippen LogP contribution in [0.1, 0.15) is 52.2 Å². The van der Waals surface area contributed by atoms with E-state index in [4.69, 9.17) is 8.83 Å². The Balaban J connectivity index is 0.964. The van der Waals surface area contributed by atoms with E-state index in [0.29, 0.717) is 31.7 Å². The third-order valence-electron chi connectivity index (χ3n) is 8.24. The lowest BCUT2D eigenvalue weighted by molar-refractivity contribution is -0.119. The minimum atomic E-state index is -0.289. The smallest absolute Gasteiger partial charge is 0.291 e. The largest absolute Gasteiger partial charge is 0.438 e. The lowest BCUT2D eigenvalue weighted by Crippen LogP contribution is -2.31. The van der Waals surface area contributed by atoms with Crippen LogP contribution in [-0.4, -0.2) is 67.1 Å². The summed E-state index contributed by atoms with van der Waals surface area (Å²) in [6.45, 7) is 1.48. The van der Waals surface area contributed by atoms with Gasteiger partial charge in [-0.3, -0.25) is 14.4 Å². The minimum Gasteiger partial charge on any atom is -0.438 e. The molecule has 12 heteroatoms. The van der Waals surface area contributed by atoms with Crippen LogP contribution in [-0.2, 0) is 4.79 Å². The minimum absolute atomic E-state index is 0.114. The molecule has 44 heavy (non-hydrogen) atoms. The number of imidazole rings is 1. The second kappa shape index (κ2) is 11.6. The number of carbonyl (C=O) groups is 3. The number of oxazole rings is 2. The number of aromatic nitrogens is 4. The van der Waals surface area contributed by atoms with E-state index in [2.05, 4.69) is 25.3 Å². The van der Waals surface area contributed by atoms with Gasteiger partial charge >= 0.3 is 0 Å². The summed E-state index contributed by atoms with van der Waals surface area (Å²) in [5.41, 5.74) is 4.59. The molecule has 5 heterocycles. The Bertz CT molecular complexity index is 1760. The molecule has 5 aromatic rings. The molecule has 2 atom stereocenters. The number of rotatable bonds is 7. The number of H-pyrrole nitrogens is 1. The number of aromatic amines is 1. The Labute approximate surface area is 252 Å². The van der Waals surface area contributed by atoms with E-state index in [1.807, 2.05) is 48.5 Å². The third kappa shape index (κ3) is 5.37. The van der Waals surface area contributed by atoms with Gasteiger partial charge in [0.05, 0.1) is 36.2 Å². The first kappa shape index (κ1) is 27.3. The van der Waals surface area contributed by atoms with Crippen LogP contribution >= 0.6 is 0 Å². The molecule has 0 aliphatic carbocycles. The van der Waals surface area contributed by atoms with Crippen molar-refractivity contribution in [3.63, 3.8) is 0 Å². The van der Waals surface area contributed by atoms with E-state index in [-0.39, 0.29) is 41.2 Å². The molecule has 7 rings (SSSR count). The number of amides is 3. The molecule has 2 aromatic carbocycles. The average molecular weight is 592 g/mol. The Morgan fingerprint density at radius 2 is 1.45 bits per heavy atom. The molecule has 3 aromatic heterocycles. The van der Waals surface area contributed by atoms with Gasteiger partial charge in [0, 0.05) is 25.3 Å². The molecule has 222 valence electrons. The lowest BCUT2D eigenvalue weighted by atomic mass is 10.0. The highest BCUT2D eigenvalue weighted by atomic mass is 16.4. The number of benzene rings is 2. The SMILES string of the molecule is O=C(Nc1ccc(-c2ccc(-c3cnc([C@@H]4CCCN4C(=O)c4cnco4)[nH]3)cc2)cc1)[C@H]1CCN(C(=O)c2cnco2)C1. The van der Waals surface area contributed by atoms with Crippen molar-refractivity contribution in [1.29, 1.82) is 0 Å². The molecule has 0 unspecified atom stereocenters. The van der Waals surface area contributed by atoms with E-state index in [1.165, 1.54) is 25.2 Å². The maximum atomic E-state index is 12.9. The third-order valence-corrected chi connectivity index (χ3v) is 8.24. The number of nitrogens with zero attached hydrogens (tertiary/aromatic N) is 5. The van der Waals surface area contributed by atoms with E-state index in [1.54, 1.807) is 16.0 Å². The van der Waals surface area contributed by atoms with Crippen molar-refractivity contribution in [2.75, 3.05) is 25.0 Å². The zero-order valence-corrected chi connectivity index (χ0v) is 23.7. The molecule has 2 saturated heterocycles. The summed E-state index contributed by atoms with van der Waals surface area (Å²) < 4.78 is 10.3. The van der Waals surface area contributed by atoms with E-state index in [9.17, 15) is 14.4 Å². The molecular weight excluding hydrogens is 562 g/mol. The van der Waals surface area contributed by atoms with Crippen LogP contribution in [0, 0.1) is 5.92 Å². The number of hydrogen-bond donors (Lipinski definition) is 2. The van der Waals surface area contributed by atoms with Gasteiger partial charge < -0.3 is 28.9 Å². The first-order valence-electron chi connectivity index (χ1n) is 14.5.